The number of sulfonamides is 1. The van der Waals surface area contributed by atoms with Gasteiger partial charge in [0.05, 0.1) is 19.3 Å². The van der Waals surface area contributed by atoms with E-state index in [1.54, 1.807) is 18.5 Å². The van der Waals surface area contributed by atoms with E-state index >= 15 is 0 Å². The average molecular weight is 352 g/mol. The highest BCUT2D eigenvalue weighted by atomic mass is 35.5. The molecule has 2 aromatic heterocycles. The molecule has 2 unspecified atom stereocenters. The number of hydrogen-bond donors (Lipinski definition) is 1. The highest BCUT2D eigenvalue weighted by Crippen LogP contribution is 2.30. The minimum Gasteiger partial charge on any atom is -0.394 e. The summed E-state index contributed by atoms with van der Waals surface area (Å²) < 4.78 is 34.0. The molecule has 3 heterocycles. The van der Waals surface area contributed by atoms with Crippen molar-refractivity contribution in [2.45, 2.75) is 24.1 Å². The van der Waals surface area contributed by atoms with Gasteiger partial charge in [0.2, 0.25) is 0 Å². The Labute approximate surface area is 130 Å². The van der Waals surface area contributed by atoms with Crippen LogP contribution in [-0.4, -0.2) is 59.1 Å². The number of hydrogen-bond acceptors (Lipinski definition) is 6. The first-order valence-corrected chi connectivity index (χ1v) is 9.00. The van der Waals surface area contributed by atoms with E-state index in [4.69, 9.17) is 16.3 Å². The first-order valence-electron chi connectivity index (χ1n) is 6.30. The van der Waals surface area contributed by atoms with E-state index in [0.29, 0.717) is 4.96 Å². The van der Waals surface area contributed by atoms with Crippen LogP contribution >= 0.6 is 22.9 Å². The van der Waals surface area contributed by atoms with E-state index in [1.807, 2.05) is 0 Å². The lowest BCUT2D eigenvalue weighted by Crippen LogP contribution is -2.52. The second-order valence-corrected chi connectivity index (χ2v) is 7.86. The molecule has 0 saturated carbocycles. The molecular weight excluding hydrogens is 338 g/mol. The van der Waals surface area contributed by atoms with E-state index in [-0.39, 0.29) is 36.0 Å². The maximum atomic E-state index is 12.9. The number of thiazole rings is 1. The molecule has 3 rings (SSSR count). The zero-order chi connectivity index (χ0) is 15.2. The molecule has 0 bridgehead atoms. The van der Waals surface area contributed by atoms with Crippen LogP contribution in [0, 0.1) is 0 Å². The zero-order valence-electron chi connectivity index (χ0n) is 11.1. The molecule has 1 fully saturated rings. The second-order valence-electron chi connectivity index (χ2n) is 4.83. The van der Waals surface area contributed by atoms with Crippen molar-refractivity contribution < 1.29 is 18.3 Å². The Kier molecular flexibility index (Phi) is 3.97. The Morgan fingerprint density at radius 1 is 1.62 bits per heavy atom. The first kappa shape index (κ1) is 15.2. The van der Waals surface area contributed by atoms with Gasteiger partial charge in [-0.3, -0.25) is 4.40 Å². The minimum absolute atomic E-state index is 0.0362. The lowest BCUT2D eigenvalue weighted by molar-refractivity contribution is -0.0516. The van der Waals surface area contributed by atoms with Gasteiger partial charge in [0, 0.05) is 24.2 Å². The molecule has 1 aliphatic rings. The summed E-state index contributed by atoms with van der Waals surface area (Å²) in [6.45, 7) is 1.85. The van der Waals surface area contributed by atoms with Crippen LogP contribution in [0.2, 0.25) is 5.15 Å². The van der Waals surface area contributed by atoms with Gasteiger partial charge in [-0.05, 0) is 6.92 Å². The van der Waals surface area contributed by atoms with Gasteiger partial charge in [0.15, 0.2) is 15.1 Å². The van der Waals surface area contributed by atoms with Gasteiger partial charge in [-0.1, -0.05) is 11.6 Å². The predicted molar refractivity (Wildman–Crippen MR) is 78.3 cm³/mol. The minimum atomic E-state index is -3.82. The number of morpholine rings is 1. The molecular formula is C11H14ClN3O4S2. The van der Waals surface area contributed by atoms with Crippen molar-refractivity contribution in [2.24, 2.45) is 0 Å². The maximum absolute atomic E-state index is 12.9. The van der Waals surface area contributed by atoms with Crippen molar-refractivity contribution in [2.75, 3.05) is 19.8 Å². The number of aromatic nitrogens is 2. The Morgan fingerprint density at radius 2 is 2.38 bits per heavy atom. The summed E-state index contributed by atoms with van der Waals surface area (Å²) in [7, 11) is -3.82. The number of aliphatic hydroxyl groups excluding tert-OH is 1. The monoisotopic (exact) mass is 351 g/mol. The average Bonchev–Trinajstić information content (AvgIpc) is 2.98. The Morgan fingerprint density at radius 3 is 3.10 bits per heavy atom. The molecule has 21 heavy (non-hydrogen) atoms. The van der Waals surface area contributed by atoms with Crippen molar-refractivity contribution in [3.8, 4) is 0 Å². The molecule has 7 nitrogen and oxygen atoms in total. The van der Waals surface area contributed by atoms with Crippen LogP contribution in [0.15, 0.2) is 16.6 Å². The lowest BCUT2D eigenvalue weighted by atomic mass is 10.2. The topological polar surface area (TPSA) is 84.1 Å². The van der Waals surface area contributed by atoms with Crippen molar-refractivity contribution in [1.29, 1.82) is 0 Å². The molecule has 0 spiro atoms. The molecule has 1 saturated heterocycles. The predicted octanol–water partition coefficient (Wildman–Crippen LogP) is 0.819. The fourth-order valence-corrected chi connectivity index (χ4v) is 5.38. The largest absolute Gasteiger partial charge is 0.394 e. The van der Waals surface area contributed by atoms with Crippen molar-refractivity contribution in [1.82, 2.24) is 13.7 Å². The number of imidazole rings is 1. The summed E-state index contributed by atoms with van der Waals surface area (Å²) in [6, 6.07) is -0.335. The SMILES string of the molecule is CC1COC(CO)CN1S(=O)(=O)c1c(Cl)nc2sccn12. The van der Waals surface area contributed by atoms with Gasteiger partial charge in [-0.15, -0.1) is 11.3 Å². The summed E-state index contributed by atoms with van der Waals surface area (Å²) >= 11 is 7.33. The van der Waals surface area contributed by atoms with E-state index in [9.17, 15) is 13.5 Å². The van der Waals surface area contributed by atoms with Gasteiger partial charge in [-0.25, -0.2) is 13.4 Å². The third-order valence-corrected chi connectivity index (χ3v) is 6.52. The fourth-order valence-electron chi connectivity index (χ4n) is 2.32. The van der Waals surface area contributed by atoms with E-state index in [2.05, 4.69) is 4.98 Å². The smallest absolute Gasteiger partial charge is 0.262 e. The van der Waals surface area contributed by atoms with Crippen molar-refractivity contribution >= 4 is 37.9 Å². The number of ether oxygens (including phenoxy) is 1. The highest BCUT2D eigenvalue weighted by molar-refractivity contribution is 7.89. The number of rotatable bonds is 3. The Hall–Kier alpha value is -0.710. The second kappa shape index (κ2) is 5.49. The van der Waals surface area contributed by atoms with E-state index in [0.717, 1.165) is 0 Å². The molecule has 1 N–H and O–H groups in total. The fraction of sp³-hybridized carbons (Fsp3) is 0.545. The maximum Gasteiger partial charge on any atom is 0.262 e. The lowest BCUT2D eigenvalue weighted by Gasteiger charge is -2.36. The first-order chi connectivity index (χ1) is 9.95. The normalized spacial score (nSPS) is 24.7. The van der Waals surface area contributed by atoms with Gasteiger partial charge < -0.3 is 9.84 Å². The van der Waals surface area contributed by atoms with Crippen LogP contribution in [0.4, 0.5) is 0 Å². The molecule has 2 aromatic rings. The van der Waals surface area contributed by atoms with Crippen LogP contribution in [0.1, 0.15) is 6.92 Å². The summed E-state index contributed by atoms with van der Waals surface area (Å²) in [6.07, 6.45) is 1.10. The number of aliphatic hydroxyl groups is 1. The molecule has 0 aliphatic carbocycles. The van der Waals surface area contributed by atoms with Gasteiger partial charge in [0.1, 0.15) is 0 Å². The molecule has 0 amide bonds. The standard InChI is InChI=1S/C11H14ClN3O4S2/c1-7-6-19-8(5-16)4-15(7)21(17,18)10-9(12)13-11-14(10)2-3-20-11/h2-3,7-8,16H,4-6H2,1H3. The third kappa shape index (κ3) is 2.47. The summed E-state index contributed by atoms with van der Waals surface area (Å²) in [5, 5.41) is 10.9. The highest BCUT2D eigenvalue weighted by Gasteiger charge is 2.38. The summed E-state index contributed by atoms with van der Waals surface area (Å²) in [4.78, 5) is 4.58. The molecule has 10 heteroatoms. The quantitative estimate of drug-likeness (QED) is 0.885. The van der Waals surface area contributed by atoms with Gasteiger partial charge in [0.25, 0.3) is 10.0 Å². The van der Waals surface area contributed by atoms with Crippen LogP contribution in [-0.2, 0) is 14.8 Å². The summed E-state index contributed by atoms with van der Waals surface area (Å²) in [5.74, 6) is 0. The van der Waals surface area contributed by atoms with Crippen LogP contribution in [0.3, 0.4) is 0 Å². The summed E-state index contributed by atoms with van der Waals surface area (Å²) in [5.41, 5.74) is 0. The van der Waals surface area contributed by atoms with Crippen LogP contribution < -0.4 is 0 Å². The zero-order valence-corrected chi connectivity index (χ0v) is 13.5. The molecule has 116 valence electrons. The Bertz CT molecular complexity index is 757. The van der Waals surface area contributed by atoms with Gasteiger partial charge in [-0.2, -0.15) is 4.31 Å². The molecule has 0 radical (unpaired) electrons. The van der Waals surface area contributed by atoms with E-state index in [1.165, 1.54) is 20.0 Å². The third-order valence-electron chi connectivity index (χ3n) is 3.38. The van der Waals surface area contributed by atoms with Crippen LogP contribution in [0.5, 0.6) is 0 Å². The number of halogens is 1. The molecule has 1 aliphatic heterocycles. The Balaban J connectivity index is 2.07. The van der Waals surface area contributed by atoms with Gasteiger partial charge >= 0.3 is 0 Å². The van der Waals surface area contributed by atoms with Crippen molar-refractivity contribution in [3.63, 3.8) is 0 Å². The molecule has 0 aromatic carbocycles. The molecule has 2 atom stereocenters. The van der Waals surface area contributed by atoms with E-state index < -0.39 is 16.1 Å². The number of fused-ring (bicyclic) bond motifs is 1. The van der Waals surface area contributed by atoms with Crippen LogP contribution in [0.25, 0.3) is 4.96 Å². The van der Waals surface area contributed by atoms with Crippen molar-refractivity contribution in [3.05, 3.63) is 16.7 Å². The number of nitrogens with zero attached hydrogens (tertiary/aromatic N) is 3.